The van der Waals surface area contributed by atoms with E-state index in [1.54, 1.807) is 19.2 Å². The molecule has 0 spiro atoms. The number of benzene rings is 1. The quantitative estimate of drug-likeness (QED) is 0.925. The molecule has 132 valence electrons. The maximum atomic E-state index is 12.2. The van der Waals surface area contributed by atoms with Crippen LogP contribution in [0.3, 0.4) is 0 Å². The molecule has 0 unspecified atom stereocenters. The molecule has 1 amide bonds. The number of ether oxygens (including phenoxy) is 2. The number of nitrogens with zero attached hydrogens (tertiary/aromatic N) is 1. The first-order valence-corrected chi connectivity index (χ1v) is 8.67. The van der Waals surface area contributed by atoms with Crippen molar-refractivity contribution >= 4 is 6.09 Å². The lowest BCUT2D eigenvalue weighted by Crippen LogP contribution is -2.57. The van der Waals surface area contributed by atoms with Crippen molar-refractivity contribution in [3.05, 3.63) is 36.4 Å². The molecule has 0 saturated carbocycles. The van der Waals surface area contributed by atoms with Crippen LogP contribution in [-0.4, -0.2) is 43.8 Å². The van der Waals surface area contributed by atoms with Crippen molar-refractivity contribution in [3.63, 3.8) is 0 Å². The van der Waals surface area contributed by atoms with E-state index in [2.05, 4.69) is 10.2 Å². The Morgan fingerprint density at radius 1 is 1.20 bits per heavy atom. The number of carbonyl (C=O) groups is 1. The second-order valence-corrected chi connectivity index (χ2v) is 6.60. The Kier molecular flexibility index (Phi) is 4.36. The highest BCUT2D eigenvalue weighted by atomic mass is 16.6. The summed E-state index contributed by atoms with van der Waals surface area (Å²) < 4.78 is 16.3. The zero-order valence-electron chi connectivity index (χ0n) is 14.2. The van der Waals surface area contributed by atoms with Crippen molar-refractivity contribution in [2.45, 2.75) is 18.9 Å². The fourth-order valence-corrected chi connectivity index (χ4v) is 3.77. The SMILES string of the molecule is COc1ccccc1-c1ccc(OC(=O)N[C@H]2CN3CCC2CC3)o1. The number of piperidine rings is 3. The molecule has 1 N–H and O–H groups in total. The van der Waals surface area contributed by atoms with Gasteiger partial charge in [0.25, 0.3) is 5.95 Å². The molecule has 3 aliphatic rings. The maximum absolute atomic E-state index is 12.2. The van der Waals surface area contributed by atoms with Crippen molar-refractivity contribution in [3.8, 4) is 23.0 Å². The van der Waals surface area contributed by atoms with Crippen molar-refractivity contribution < 1.29 is 18.7 Å². The summed E-state index contributed by atoms with van der Waals surface area (Å²) in [5.41, 5.74) is 0.817. The molecule has 2 aromatic rings. The molecular weight excluding hydrogens is 320 g/mol. The number of para-hydroxylation sites is 1. The van der Waals surface area contributed by atoms with Crippen LogP contribution in [0.2, 0.25) is 0 Å². The second kappa shape index (κ2) is 6.80. The van der Waals surface area contributed by atoms with Gasteiger partial charge in [-0.15, -0.1) is 0 Å². The molecule has 5 rings (SSSR count). The van der Waals surface area contributed by atoms with Gasteiger partial charge in [-0.3, -0.25) is 0 Å². The Morgan fingerprint density at radius 2 is 2.00 bits per heavy atom. The Morgan fingerprint density at radius 3 is 2.72 bits per heavy atom. The van der Waals surface area contributed by atoms with E-state index in [-0.39, 0.29) is 12.0 Å². The highest BCUT2D eigenvalue weighted by Crippen LogP contribution is 2.33. The lowest BCUT2D eigenvalue weighted by molar-refractivity contribution is 0.0715. The first kappa shape index (κ1) is 16.0. The maximum Gasteiger partial charge on any atom is 0.415 e. The topological polar surface area (TPSA) is 63.9 Å². The Hall–Kier alpha value is -2.47. The standard InChI is InChI=1S/C19H22N2O4/c1-23-16-5-3-2-4-14(16)17-6-7-18(24-17)25-19(22)20-15-12-21-10-8-13(15)9-11-21/h2-7,13,15H,8-12H2,1H3,(H,20,22)/t15-/m0/s1. The van der Waals surface area contributed by atoms with Crippen molar-refractivity contribution in [2.24, 2.45) is 5.92 Å². The average molecular weight is 342 g/mol. The van der Waals surface area contributed by atoms with E-state index in [1.165, 1.54) is 0 Å². The predicted octanol–water partition coefficient (Wildman–Crippen LogP) is 3.14. The molecule has 0 aliphatic carbocycles. The fourth-order valence-electron chi connectivity index (χ4n) is 3.77. The number of carbonyl (C=O) groups excluding carboxylic acids is 1. The molecule has 6 nitrogen and oxygen atoms in total. The minimum Gasteiger partial charge on any atom is -0.496 e. The third-order valence-electron chi connectivity index (χ3n) is 5.11. The Balaban J connectivity index is 1.40. The van der Waals surface area contributed by atoms with Crippen molar-refractivity contribution in [1.82, 2.24) is 10.2 Å². The van der Waals surface area contributed by atoms with Crippen LogP contribution >= 0.6 is 0 Å². The molecule has 3 saturated heterocycles. The summed E-state index contributed by atoms with van der Waals surface area (Å²) in [7, 11) is 1.61. The van der Waals surface area contributed by atoms with Gasteiger partial charge in [-0.1, -0.05) is 12.1 Å². The number of amides is 1. The highest BCUT2D eigenvalue weighted by molar-refractivity contribution is 5.71. The smallest absolute Gasteiger partial charge is 0.415 e. The molecule has 3 aliphatic heterocycles. The predicted molar refractivity (Wildman–Crippen MR) is 92.8 cm³/mol. The van der Waals surface area contributed by atoms with E-state index in [0.29, 0.717) is 17.4 Å². The van der Waals surface area contributed by atoms with Crippen LogP contribution in [0, 0.1) is 5.92 Å². The van der Waals surface area contributed by atoms with Gasteiger partial charge in [-0.2, -0.15) is 0 Å². The van der Waals surface area contributed by atoms with Crippen molar-refractivity contribution in [1.29, 1.82) is 0 Å². The summed E-state index contributed by atoms with van der Waals surface area (Å²) in [4.78, 5) is 14.6. The number of hydrogen-bond donors (Lipinski definition) is 1. The van der Waals surface area contributed by atoms with E-state index in [1.807, 2.05) is 24.3 Å². The van der Waals surface area contributed by atoms with Gasteiger partial charge in [-0.05, 0) is 50.0 Å². The summed E-state index contributed by atoms with van der Waals surface area (Å²) >= 11 is 0. The van der Waals surface area contributed by atoms with Crippen LogP contribution in [-0.2, 0) is 0 Å². The summed E-state index contributed by atoms with van der Waals surface area (Å²) in [5, 5.41) is 2.98. The van der Waals surface area contributed by atoms with Crippen LogP contribution in [0.15, 0.2) is 40.8 Å². The molecule has 25 heavy (non-hydrogen) atoms. The van der Waals surface area contributed by atoms with E-state index < -0.39 is 6.09 Å². The minimum absolute atomic E-state index is 0.165. The number of furan rings is 1. The largest absolute Gasteiger partial charge is 0.496 e. The molecule has 3 fully saturated rings. The highest BCUT2D eigenvalue weighted by Gasteiger charge is 2.35. The van der Waals surface area contributed by atoms with Crippen molar-refractivity contribution in [2.75, 3.05) is 26.7 Å². The van der Waals surface area contributed by atoms with Crippen LogP contribution in [0.5, 0.6) is 11.7 Å². The molecule has 1 aromatic carbocycles. The third-order valence-corrected chi connectivity index (χ3v) is 5.11. The summed E-state index contributed by atoms with van der Waals surface area (Å²) in [6, 6.07) is 11.1. The van der Waals surface area contributed by atoms with Gasteiger partial charge in [-0.25, -0.2) is 4.79 Å². The molecular formula is C19H22N2O4. The summed E-state index contributed by atoms with van der Waals surface area (Å²) in [6.07, 6.45) is 1.83. The van der Waals surface area contributed by atoms with E-state index in [0.717, 1.165) is 38.0 Å². The van der Waals surface area contributed by atoms with E-state index in [9.17, 15) is 4.79 Å². The van der Waals surface area contributed by atoms with Gasteiger partial charge < -0.3 is 24.1 Å². The molecule has 0 radical (unpaired) electrons. The molecule has 1 aromatic heterocycles. The normalized spacial score (nSPS) is 24.8. The zero-order chi connectivity index (χ0) is 17.2. The number of fused-ring (bicyclic) bond motifs is 3. The molecule has 6 heteroatoms. The lowest BCUT2D eigenvalue weighted by atomic mass is 9.84. The van der Waals surface area contributed by atoms with Crippen LogP contribution in [0.4, 0.5) is 4.79 Å². The summed E-state index contributed by atoms with van der Waals surface area (Å²) in [5.74, 6) is 2.04. The Bertz CT molecular complexity index is 749. The number of rotatable bonds is 4. The first-order chi connectivity index (χ1) is 12.2. The first-order valence-electron chi connectivity index (χ1n) is 8.67. The molecule has 2 bridgehead atoms. The van der Waals surface area contributed by atoms with Gasteiger partial charge in [0.15, 0.2) is 0 Å². The van der Waals surface area contributed by atoms with Gasteiger partial charge in [0.05, 0.1) is 12.7 Å². The lowest BCUT2D eigenvalue weighted by Gasteiger charge is -2.44. The monoisotopic (exact) mass is 342 g/mol. The van der Waals surface area contributed by atoms with Gasteiger partial charge in [0.1, 0.15) is 11.5 Å². The van der Waals surface area contributed by atoms with Crippen LogP contribution in [0.1, 0.15) is 12.8 Å². The van der Waals surface area contributed by atoms with E-state index >= 15 is 0 Å². The summed E-state index contributed by atoms with van der Waals surface area (Å²) in [6.45, 7) is 3.18. The Labute approximate surface area is 146 Å². The van der Waals surface area contributed by atoms with Gasteiger partial charge in [0.2, 0.25) is 0 Å². The average Bonchev–Trinajstić information content (AvgIpc) is 3.10. The van der Waals surface area contributed by atoms with Crippen LogP contribution in [0.25, 0.3) is 11.3 Å². The number of nitrogens with one attached hydrogen (secondary N) is 1. The van der Waals surface area contributed by atoms with Gasteiger partial charge >= 0.3 is 6.09 Å². The number of hydrogen-bond acceptors (Lipinski definition) is 5. The van der Waals surface area contributed by atoms with Gasteiger partial charge in [0, 0.05) is 18.7 Å². The number of methoxy groups -OCH3 is 1. The van der Waals surface area contributed by atoms with E-state index in [4.69, 9.17) is 13.9 Å². The zero-order valence-corrected chi connectivity index (χ0v) is 14.2. The minimum atomic E-state index is -0.459. The van der Waals surface area contributed by atoms with Crippen LogP contribution < -0.4 is 14.8 Å². The molecule has 1 atom stereocenters. The fraction of sp³-hybridized carbons (Fsp3) is 0.421. The second-order valence-electron chi connectivity index (χ2n) is 6.60. The molecule has 4 heterocycles. The third kappa shape index (κ3) is 3.35.